The minimum absolute atomic E-state index is 0.0862. The molecule has 2 atom stereocenters. The molecule has 1 aromatic heterocycles. The van der Waals surface area contributed by atoms with Crippen LogP contribution in [0.3, 0.4) is 0 Å². The summed E-state index contributed by atoms with van der Waals surface area (Å²) in [5.74, 6) is -0.458. The fraction of sp³-hybridized carbons (Fsp3) is 0.333. The van der Waals surface area contributed by atoms with Crippen LogP contribution in [-0.2, 0) is 26.0 Å². The Kier molecular flexibility index (Phi) is 7.92. The lowest BCUT2D eigenvalue weighted by Gasteiger charge is -2.38. The Morgan fingerprint density at radius 3 is 2.44 bits per heavy atom. The maximum atomic E-state index is 13.8. The summed E-state index contributed by atoms with van der Waals surface area (Å²) in [4.78, 5) is 28.2. The van der Waals surface area contributed by atoms with Crippen LogP contribution in [0.15, 0.2) is 70.9 Å². The summed E-state index contributed by atoms with van der Waals surface area (Å²) in [6.07, 6.45) is 1.32. The summed E-state index contributed by atoms with van der Waals surface area (Å²) in [6.45, 7) is 5.41. The van der Waals surface area contributed by atoms with Crippen molar-refractivity contribution in [2.75, 3.05) is 18.4 Å². The molecule has 1 aliphatic heterocycles. The molecule has 2 unspecified atom stereocenters. The Hall–Kier alpha value is -3.01. The van der Waals surface area contributed by atoms with E-state index in [9.17, 15) is 18.0 Å². The Bertz CT molecular complexity index is 1320. The van der Waals surface area contributed by atoms with Crippen molar-refractivity contribution in [3.63, 3.8) is 0 Å². The fourth-order valence-electron chi connectivity index (χ4n) is 4.53. The zero-order valence-electron chi connectivity index (χ0n) is 20.7. The van der Waals surface area contributed by atoms with Gasteiger partial charge in [-0.05, 0) is 66.6 Å². The van der Waals surface area contributed by atoms with Crippen LogP contribution in [0.1, 0.15) is 49.2 Å². The van der Waals surface area contributed by atoms with Gasteiger partial charge >= 0.3 is 0 Å². The van der Waals surface area contributed by atoms with E-state index in [4.69, 9.17) is 0 Å². The zero-order chi connectivity index (χ0) is 25.9. The van der Waals surface area contributed by atoms with Gasteiger partial charge in [-0.25, -0.2) is 8.42 Å². The number of thiophene rings is 1. The van der Waals surface area contributed by atoms with Crippen LogP contribution in [-0.4, -0.2) is 48.6 Å². The Morgan fingerprint density at radius 2 is 1.81 bits per heavy atom. The monoisotopic (exact) mass is 525 g/mol. The molecule has 1 aliphatic rings. The highest BCUT2D eigenvalue weighted by atomic mass is 32.2. The number of nitrogens with one attached hydrogen (secondary N) is 1. The normalized spacial score (nSPS) is 16.4. The average Bonchev–Trinajstić information content (AvgIpc) is 3.35. The highest BCUT2D eigenvalue weighted by molar-refractivity contribution is 7.89. The number of sulfonamides is 1. The molecule has 7 nitrogen and oxygen atoms in total. The molecule has 0 saturated heterocycles. The van der Waals surface area contributed by atoms with E-state index in [1.54, 1.807) is 23.5 Å². The largest absolute Gasteiger partial charge is 0.330 e. The molecule has 4 rings (SSSR count). The Morgan fingerprint density at radius 1 is 1.11 bits per heavy atom. The van der Waals surface area contributed by atoms with E-state index in [-0.39, 0.29) is 35.3 Å². The molecule has 0 bridgehead atoms. The second-order valence-corrected chi connectivity index (χ2v) is 11.9. The molecule has 0 radical (unpaired) electrons. The molecule has 0 aliphatic carbocycles. The topological polar surface area (TPSA) is 86.8 Å². The number of carbonyl (C=O) groups excluding carboxylic acids is 2. The molecular formula is C27H31N3O4S2. The number of hydrogen-bond acceptors (Lipinski definition) is 5. The number of hydrogen-bond donors (Lipinski definition) is 1. The van der Waals surface area contributed by atoms with Crippen molar-refractivity contribution < 1.29 is 18.0 Å². The van der Waals surface area contributed by atoms with Crippen molar-refractivity contribution in [1.82, 2.24) is 9.21 Å². The second-order valence-electron chi connectivity index (χ2n) is 8.96. The first-order valence-electron chi connectivity index (χ1n) is 12.0. The molecule has 0 saturated carbocycles. The molecule has 190 valence electrons. The number of amides is 2. The van der Waals surface area contributed by atoms with Crippen LogP contribution in [0.25, 0.3) is 0 Å². The van der Waals surface area contributed by atoms with Crippen molar-refractivity contribution in [1.29, 1.82) is 0 Å². The smallest absolute Gasteiger partial charge is 0.243 e. The van der Waals surface area contributed by atoms with Gasteiger partial charge in [-0.15, -0.1) is 11.3 Å². The maximum Gasteiger partial charge on any atom is 0.243 e. The third-order valence-electron chi connectivity index (χ3n) is 6.56. The van der Waals surface area contributed by atoms with E-state index >= 15 is 0 Å². The van der Waals surface area contributed by atoms with Gasteiger partial charge in [0.25, 0.3) is 0 Å². The van der Waals surface area contributed by atoms with E-state index in [1.165, 1.54) is 28.2 Å². The first-order chi connectivity index (χ1) is 17.2. The SMILES string of the molecule is CCC(C)N(CC(=O)N1CCc2sccc2C1c1ccccc1)S(=O)(=O)c1ccc(NC(C)=O)cc1. The minimum Gasteiger partial charge on any atom is -0.330 e. The van der Waals surface area contributed by atoms with E-state index in [0.29, 0.717) is 18.7 Å². The molecule has 0 spiro atoms. The van der Waals surface area contributed by atoms with Gasteiger partial charge in [0.1, 0.15) is 0 Å². The highest BCUT2D eigenvalue weighted by Gasteiger charge is 2.36. The quantitative estimate of drug-likeness (QED) is 0.463. The van der Waals surface area contributed by atoms with E-state index in [2.05, 4.69) is 16.8 Å². The molecular weight excluding hydrogens is 494 g/mol. The summed E-state index contributed by atoms with van der Waals surface area (Å²) < 4.78 is 28.6. The molecule has 36 heavy (non-hydrogen) atoms. The van der Waals surface area contributed by atoms with Crippen molar-refractivity contribution in [3.8, 4) is 0 Å². The van der Waals surface area contributed by atoms with E-state index in [0.717, 1.165) is 17.5 Å². The molecule has 2 aromatic carbocycles. The van der Waals surface area contributed by atoms with Crippen LogP contribution in [0.4, 0.5) is 5.69 Å². The van der Waals surface area contributed by atoms with Crippen molar-refractivity contribution in [2.45, 2.75) is 50.6 Å². The maximum absolute atomic E-state index is 13.8. The van der Waals surface area contributed by atoms with E-state index in [1.807, 2.05) is 49.1 Å². The van der Waals surface area contributed by atoms with Crippen LogP contribution >= 0.6 is 11.3 Å². The molecule has 3 aromatic rings. The van der Waals surface area contributed by atoms with Gasteiger partial charge in [0.2, 0.25) is 21.8 Å². The van der Waals surface area contributed by atoms with Crippen LogP contribution in [0, 0.1) is 0 Å². The van der Waals surface area contributed by atoms with Crippen molar-refractivity contribution >= 4 is 38.9 Å². The molecule has 9 heteroatoms. The third kappa shape index (κ3) is 5.38. The van der Waals surface area contributed by atoms with Gasteiger partial charge in [0.15, 0.2) is 0 Å². The first kappa shape index (κ1) is 26.1. The summed E-state index contributed by atoms with van der Waals surface area (Å²) in [7, 11) is -3.95. The summed E-state index contributed by atoms with van der Waals surface area (Å²) in [5, 5.41) is 4.69. The van der Waals surface area contributed by atoms with Crippen molar-refractivity contribution in [2.24, 2.45) is 0 Å². The van der Waals surface area contributed by atoms with Gasteiger partial charge < -0.3 is 10.2 Å². The van der Waals surface area contributed by atoms with Crippen LogP contribution in [0.5, 0.6) is 0 Å². The average molecular weight is 526 g/mol. The Balaban J connectivity index is 1.63. The minimum atomic E-state index is -3.95. The zero-order valence-corrected chi connectivity index (χ0v) is 22.3. The third-order valence-corrected chi connectivity index (χ3v) is 9.53. The van der Waals surface area contributed by atoms with Crippen LogP contribution in [0.2, 0.25) is 0 Å². The number of fused-ring (bicyclic) bond motifs is 1. The number of carbonyl (C=O) groups is 2. The van der Waals surface area contributed by atoms with Gasteiger partial charge in [-0.2, -0.15) is 4.31 Å². The highest BCUT2D eigenvalue weighted by Crippen LogP contribution is 2.38. The lowest BCUT2D eigenvalue weighted by atomic mass is 9.93. The number of benzene rings is 2. The summed E-state index contributed by atoms with van der Waals surface area (Å²) in [5.41, 5.74) is 2.63. The number of anilines is 1. The van der Waals surface area contributed by atoms with Crippen molar-refractivity contribution in [3.05, 3.63) is 82.0 Å². The predicted octanol–water partition coefficient (Wildman–Crippen LogP) is 4.67. The molecule has 0 fully saturated rings. The van der Waals surface area contributed by atoms with Gasteiger partial charge in [0.05, 0.1) is 17.5 Å². The number of rotatable bonds is 8. The molecule has 1 N–H and O–H groups in total. The molecule has 2 amide bonds. The van der Waals surface area contributed by atoms with Crippen LogP contribution < -0.4 is 5.32 Å². The summed E-state index contributed by atoms with van der Waals surface area (Å²) in [6, 6.07) is 17.4. The number of nitrogens with zero attached hydrogens (tertiary/aromatic N) is 2. The standard InChI is InChI=1S/C27H31N3O4S2/c1-4-19(2)30(36(33,34)23-12-10-22(11-13-23)28-20(3)31)18-26(32)29-16-14-25-24(15-17-35-25)27(29)21-8-6-5-7-9-21/h5-13,15,17,19,27H,4,14,16,18H2,1-3H3,(H,28,31). The van der Waals surface area contributed by atoms with Gasteiger partial charge in [0, 0.05) is 30.1 Å². The lowest BCUT2D eigenvalue weighted by Crippen LogP contribution is -2.49. The second kappa shape index (κ2) is 10.9. The first-order valence-corrected chi connectivity index (χ1v) is 14.3. The molecule has 2 heterocycles. The van der Waals surface area contributed by atoms with Gasteiger partial charge in [-0.1, -0.05) is 37.3 Å². The fourth-order valence-corrected chi connectivity index (χ4v) is 7.09. The predicted molar refractivity (Wildman–Crippen MR) is 142 cm³/mol. The Labute approximate surface area is 216 Å². The summed E-state index contributed by atoms with van der Waals surface area (Å²) >= 11 is 1.70. The lowest BCUT2D eigenvalue weighted by molar-refractivity contribution is -0.133. The van der Waals surface area contributed by atoms with Gasteiger partial charge in [-0.3, -0.25) is 9.59 Å². The van der Waals surface area contributed by atoms with E-state index < -0.39 is 10.0 Å².